The average Bonchev–Trinajstić information content (AvgIpc) is 3.36. The van der Waals surface area contributed by atoms with Gasteiger partial charge in [-0.2, -0.15) is 0 Å². The van der Waals surface area contributed by atoms with Crippen molar-refractivity contribution in [2.24, 2.45) is 0 Å². The molecule has 2 aromatic heterocycles. The Hall–Kier alpha value is -4.31. The third-order valence-corrected chi connectivity index (χ3v) is 6.81. The highest BCUT2D eigenvalue weighted by atomic mass is 32.1. The van der Waals surface area contributed by atoms with Crippen LogP contribution >= 0.6 is 11.3 Å². The maximum Gasteiger partial charge on any atom is 0.573 e. The quantitative estimate of drug-likeness (QED) is 0.210. The Morgan fingerprint density at radius 2 is 1.76 bits per heavy atom. The van der Waals surface area contributed by atoms with Gasteiger partial charge in [-0.15, -0.1) is 24.5 Å². The van der Waals surface area contributed by atoms with Crippen LogP contribution in [0.3, 0.4) is 0 Å². The van der Waals surface area contributed by atoms with Crippen molar-refractivity contribution in [3.05, 3.63) is 107 Å². The number of nitrogens with zero attached hydrogens (tertiary/aromatic N) is 3. The van der Waals surface area contributed by atoms with Crippen LogP contribution in [0.5, 0.6) is 5.75 Å². The summed E-state index contributed by atoms with van der Waals surface area (Å²) in [6, 6.07) is 20.9. The molecule has 2 heterocycles. The predicted molar refractivity (Wildman–Crippen MR) is 138 cm³/mol. The number of fused-ring (bicyclic) bond motifs is 1. The highest BCUT2D eigenvalue weighted by Crippen LogP contribution is 2.34. The summed E-state index contributed by atoms with van der Waals surface area (Å²) in [5.74, 6) is -1.21. The van der Waals surface area contributed by atoms with Gasteiger partial charge >= 0.3 is 6.36 Å². The molecule has 5 nitrogen and oxygen atoms in total. The molecule has 0 radical (unpaired) electrons. The maximum atomic E-state index is 14.1. The van der Waals surface area contributed by atoms with Crippen LogP contribution < -0.4 is 9.64 Å². The molecule has 0 unspecified atom stereocenters. The maximum absolute atomic E-state index is 14.1. The molecule has 5 aromatic rings. The minimum atomic E-state index is -4.77. The van der Waals surface area contributed by atoms with E-state index in [0.717, 1.165) is 9.75 Å². The molecule has 10 heteroatoms. The molecule has 38 heavy (non-hydrogen) atoms. The molecule has 5 rings (SSSR count). The normalized spacial score (nSPS) is 11.5. The fourth-order valence-corrected chi connectivity index (χ4v) is 4.93. The van der Waals surface area contributed by atoms with Crippen molar-refractivity contribution in [3.63, 3.8) is 0 Å². The zero-order chi connectivity index (χ0) is 26.9. The summed E-state index contributed by atoms with van der Waals surface area (Å²) in [7, 11) is 0. The fourth-order valence-electron chi connectivity index (χ4n) is 3.94. The van der Waals surface area contributed by atoms with Crippen molar-refractivity contribution in [2.75, 3.05) is 4.90 Å². The number of benzene rings is 3. The number of anilines is 1. The Morgan fingerprint density at radius 1 is 0.974 bits per heavy atom. The molecule has 0 saturated heterocycles. The van der Waals surface area contributed by atoms with E-state index in [2.05, 4.69) is 14.7 Å². The number of thiophene rings is 1. The highest BCUT2D eigenvalue weighted by molar-refractivity contribution is 7.15. The standard InChI is InChI=1S/C28H19F4N3O2S/c1-17-13-18(9-11-25(17)37-28(30,31)32)26-12-10-21(38-26)16-35(20-6-4-5-19(29)14-20)27(36)24-15-33-22-7-2-3-8-23(22)34-24/h2-15H,16H2,1H3. The van der Waals surface area contributed by atoms with Crippen LogP contribution in [0.4, 0.5) is 23.2 Å². The fraction of sp³-hybridized carbons (Fsp3) is 0.107. The molecular weight excluding hydrogens is 518 g/mol. The first kappa shape index (κ1) is 25.3. The van der Waals surface area contributed by atoms with Crippen molar-refractivity contribution < 1.29 is 27.1 Å². The smallest absolute Gasteiger partial charge is 0.406 e. The lowest BCUT2D eigenvalue weighted by molar-refractivity contribution is -0.274. The van der Waals surface area contributed by atoms with Gasteiger partial charge in [-0.1, -0.05) is 18.2 Å². The molecule has 0 bridgehead atoms. The molecule has 1 amide bonds. The molecule has 0 atom stereocenters. The second-order valence-electron chi connectivity index (χ2n) is 8.41. The van der Waals surface area contributed by atoms with Crippen LogP contribution in [-0.4, -0.2) is 22.2 Å². The zero-order valence-electron chi connectivity index (χ0n) is 19.9. The second kappa shape index (κ2) is 10.2. The van der Waals surface area contributed by atoms with Crippen LogP contribution in [-0.2, 0) is 6.54 Å². The predicted octanol–water partition coefficient (Wildman–Crippen LogP) is 7.55. The highest BCUT2D eigenvalue weighted by Gasteiger charge is 2.31. The van der Waals surface area contributed by atoms with E-state index in [4.69, 9.17) is 0 Å². The number of hydrogen-bond acceptors (Lipinski definition) is 5. The van der Waals surface area contributed by atoms with Gasteiger partial charge in [0.2, 0.25) is 0 Å². The first-order valence-electron chi connectivity index (χ1n) is 11.4. The van der Waals surface area contributed by atoms with E-state index < -0.39 is 18.1 Å². The summed E-state index contributed by atoms with van der Waals surface area (Å²) in [6.45, 7) is 1.66. The van der Waals surface area contributed by atoms with E-state index in [-0.39, 0.29) is 18.0 Å². The molecule has 0 aliphatic heterocycles. The van der Waals surface area contributed by atoms with Gasteiger partial charge in [0.05, 0.1) is 23.8 Å². The van der Waals surface area contributed by atoms with Gasteiger partial charge in [-0.25, -0.2) is 9.37 Å². The van der Waals surface area contributed by atoms with E-state index in [9.17, 15) is 22.4 Å². The lowest BCUT2D eigenvalue weighted by Crippen LogP contribution is -2.31. The van der Waals surface area contributed by atoms with Crippen molar-refractivity contribution in [1.29, 1.82) is 0 Å². The van der Waals surface area contributed by atoms with Crippen LogP contribution in [0.25, 0.3) is 21.5 Å². The Kier molecular flexibility index (Phi) is 6.81. The average molecular weight is 538 g/mol. The molecule has 3 aromatic carbocycles. The number of ether oxygens (including phenoxy) is 1. The van der Waals surface area contributed by atoms with E-state index in [1.807, 2.05) is 18.2 Å². The molecule has 0 aliphatic rings. The van der Waals surface area contributed by atoms with Gasteiger partial charge in [-0.05, 0) is 78.7 Å². The molecule has 0 N–H and O–H groups in total. The largest absolute Gasteiger partial charge is 0.573 e. The number of rotatable bonds is 6. The Bertz CT molecular complexity index is 1630. The first-order valence-corrected chi connectivity index (χ1v) is 12.2. The third kappa shape index (κ3) is 5.65. The van der Waals surface area contributed by atoms with Gasteiger partial charge in [-0.3, -0.25) is 9.78 Å². The number of hydrogen-bond donors (Lipinski definition) is 0. The summed E-state index contributed by atoms with van der Waals surface area (Å²) in [6.07, 6.45) is -3.38. The van der Waals surface area contributed by atoms with Crippen molar-refractivity contribution in [2.45, 2.75) is 19.8 Å². The minimum Gasteiger partial charge on any atom is -0.406 e. The molecule has 0 fully saturated rings. The van der Waals surface area contributed by atoms with Crippen LogP contribution in [0.2, 0.25) is 0 Å². The molecule has 192 valence electrons. The molecular formula is C28H19F4N3O2S. The second-order valence-corrected chi connectivity index (χ2v) is 9.58. The summed E-state index contributed by atoms with van der Waals surface area (Å²) in [4.78, 5) is 25.3. The van der Waals surface area contributed by atoms with Crippen LogP contribution in [0.1, 0.15) is 20.9 Å². The van der Waals surface area contributed by atoms with Gasteiger partial charge < -0.3 is 9.64 Å². The van der Waals surface area contributed by atoms with Gasteiger partial charge in [0.15, 0.2) is 0 Å². The topological polar surface area (TPSA) is 55.3 Å². The number of aromatic nitrogens is 2. The van der Waals surface area contributed by atoms with E-state index in [1.54, 1.807) is 36.4 Å². The lowest BCUT2D eigenvalue weighted by atomic mass is 10.1. The number of halogens is 4. The Morgan fingerprint density at radius 3 is 2.50 bits per heavy atom. The monoisotopic (exact) mass is 537 g/mol. The van der Waals surface area contributed by atoms with Gasteiger partial charge in [0, 0.05) is 15.4 Å². The number of para-hydroxylation sites is 2. The number of aryl methyl sites for hydroxylation is 1. The Balaban J connectivity index is 1.45. The van der Waals surface area contributed by atoms with Crippen molar-refractivity contribution >= 4 is 34.0 Å². The summed E-state index contributed by atoms with van der Waals surface area (Å²) in [5.41, 5.74) is 2.71. The SMILES string of the molecule is Cc1cc(-c2ccc(CN(C(=O)c3cnc4ccccc4n3)c3cccc(F)c3)s2)ccc1OC(F)(F)F. The number of alkyl halides is 3. The van der Waals surface area contributed by atoms with Crippen molar-refractivity contribution in [1.82, 2.24) is 9.97 Å². The van der Waals surface area contributed by atoms with Crippen LogP contribution in [0, 0.1) is 12.7 Å². The number of carbonyl (C=O) groups excluding carboxylic acids is 1. The van der Waals surface area contributed by atoms with Crippen LogP contribution in [0.15, 0.2) is 85.1 Å². The molecule has 0 spiro atoms. The van der Waals surface area contributed by atoms with E-state index >= 15 is 0 Å². The Labute approximate surface area is 219 Å². The number of amides is 1. The third-order valence-electron chi connectivity index (χ3n) is 5.69. The van der Waals surface area contributed by atoms with E-state index in [0.29, 0.717) is 27.8 Å². The zero-order valence-corrected chi connectivity index (χ0v) is 20.7. The minimum absolute atomic E-state index is 0.112. The molecule has 0 aliphatic carbocycles. The first-order chi connectivity index (χ1) is 18.2. The van der Waals surface area contributed by atoms with E-state index in [1.165, 1.54) is 53.6 Å². The van der Waals surface area contributed by atoms with Crippen molar-refractivity contribution in [3.8, 4) is 16.2 Å². The molecule has 0 saturated carbocycles. The summed E-state index contributed by atoms with van der Waals surface area (Å²) >= 11 is 1.37. The lowest BCUT2D eigenvalue weighted by Gasteiger charge is -2.22. The van der Waals surface area contributed by atoms with Gasteiger partial charge in [0.25, 0.3) is 5.91 Å². The number of carbonyl (C=O) groups is 1. The summed E-state index contributed by atoms with van der Waals surface area (Å²) < 4.78 is 56.0. The summed E-state index contributed by atoms with van der Waals surface area (Å²) in [5, 5.41) is 0. The van der Waals surface area contributed by atoms with Gasteiger partial charge in [0.1, 0.15) is 17.3 Å².